The van der Waals surface area contributed by atoms with Gasteiger partial charge < -0.3 is 10.6 Å². The first-order chi connectivity index (χ1) is 9.61. The summed E-state index contributed by atoms with van der Waals surface area (Å²) in [5.74, 6) is -0.184. The van der Waals surface area contributed by atoms with Crippen molar-refractivity contribution < 1.29 is 4.39 Å². The minimum absolute atomic E-state index is 0.139. The highest BCUT2D eigenvalue weighted by molar-refractivity contribution is 5.58. The maximum Gasteiger partial charge on any atom is 0.123 e. The van der Waals surface area contributed by atoms with Crippen molar-refractivity contribution in [2.45, 2.75) is 32.4 Å². The molecule has 0 spiro atoms. The van der Waals surface area contributed by atoms with Gasteiger partial charge in [-0.2, -0.15) is 0 Å². The fourth-order valence-corrected chi connectivity index (χ4v) is 2.75. The standard InChI is InChI=1S/C17H19FN2/c1-11-3-6-14(7-4-11)20-17-9-12(2)19-16-8-5-13(18)10-15(16)17/h3-8,10,12,17,19-20H,9H2,1-2H3/t12-,17+/m1/s1. The lowest BCUT2D eigenvalue weighted by Gasteiger charge is -2.32. The average molecular weight is 270 g/mol. The van der Waals surface area contributed by atoms with Gasteiger partial charge in [0.25, 0.3) is 0 Å². The summed E-state index contributed by atoms with van der Waals surface area (Å²) in [5, 5.41) is 6.92. The quantitative estimate of drug-likeness (QED) is 0.840. The van der Waals surface area contributed by atoms with Gasteiger partial charge in [-0.05, 0) is 50.6 Å². The second-order valence-electron chi connectivity index (χ2n) is 5.58. The summed E-state index contributed by atoms with van der Waals surface area (Å²) in [6.45, 7) is 4.22. The SMILES string of the molecule is Cc1ccc(N[C@H]2C[C@@H](C)Nc3ccc(F)cc32)cc1. The number of benzene rings is 2. The van der Waals surface area contributed by atoms with E-state index in [-0.39, 0.29) is 11.9 Å². The molecule has 0 saturated carbocycles. The number of anilines is 2. The van der Waals surface area contributed by atoms with Crippen molar-refractivity contribution in [3.63, 3.8) is 0 Å². The smallest absolute Gasteiger partial charge is 0.123 e. The van der Waals surface area contributed by atoms with Gasteiger partial charge in [0.1, 0.15) is 5.82 Å². The Morgan fingerprint density at radius 2 is 1.90 bits per heavy atom. The molecule has 2 aromatic carbocycles. The van der Waals surface area contributed by atoms with Gasteiger partial charge >= 0.3 is 0 Å². The lowest BCUT2D eigenvalue weighted by Crippen LogP contribution is -2.29. The van der Waals surface area contributed by atoms with E-state index in [1.165, 1.54) is 11.6 Å². The number of hydrogen-bond acceptors (Lipinski definition) is 2. The summed E-state index contributed by atoms with van der Waals surface area (Å²) in [6.07, 6.45) is 0.935. The number of fused-ring (bicyclic) bond motifs is 1. The summed E-state index contributed by atoms with van der Waals surface area (Å²) in [4.78, 5) is 0. The van der Waals surface area contributed by atoms with Crippen LogP contribution in [0.25, 0.3) is 0 Å². The zero-order valence-electron chi connectivity index (χ0n) is 11.8. The van der Waals surface area contributed by atoms with Crippen LogP contribution in [-0.2, 0) is 0 Å². The number of rotatable bonds is 2. The summed E-state index contributed by atoms with van der Waals surface area (Å²) in [6, 6.07) is 13.8. The molecule has 20 heavy (non-hydrogen) atoms. The van der Waals surface area contributed by atoms with E-state index >= 15 is 0 Å². The van der Waals surface area contributed by atoms with Crippen molar-refractivity contribution in [1.82, 2.24) is 0 Å². The van der Waals surface area contributed by atoms with Crippen molar-refractivity contribution in [1.29, 1.82) is 0 Å². The van der Waals surface area contributed by atoms with Crippen LogP contribution in [0.15, 0.2) is 42.5 Å². The summed E-state index contributed by atoms with van der Waals surface area (Å²) >= 11 is 0. The van der Waals surface area contributed by atoms with E-state index in [4.69, 9.17) is 0 Å². The Labute approximate surface area is 119 Å². The molecule has 2 nitrogen and oxygen atoms in total. The summed E-state index contributed by atoms with van der Waals surface area (Å²) in [5.41, 5.74) is 4.34. The van der Waals surface area contributed by atoms with Crippen molar-refractivity contribution in [3.05, 3.63) is 59.4 Å². The zero-order chi connectivity index (χ0) is 14.1. The molecule has 104 valence electrons. The Balaban J connectivity index is 1.90. The molecule has 1 aliphatic rings. The first-order valence-electron chi connectivity index (χ1n) is 7.01. The lowest BCUT2D eigenvalue weighted by molar-refractivity contribution is 0.583. The maximum atomic E-state index is 13.5. The normalized spacial score (nSPS) is 20.9. The van der Waals surface area contributed by atoms with Gasteiger partial charge in [0.2, 0.25) is 0 Å². The second kappa shape index (κ2) is 5.16. The van der Waals surface area contributed by atoms with Crippen molar-refractivity contribution in [3.8, 4) is 0 Å². The third-order valence-corrected chi connectivity index (χ3v) is 3.77. The molecular weight excluding hydrogens is 251 g/mol. The van der Waals surface area contributed by atoms with Crippen molar-refractivity contribution >= 4 is 11.4 Å². The maximum absolute atomic E-state index is 13.5. The molecule has 1 aliphatic heterocycles. The molecule has 0 radical (unpaired) electrons. The molecule has 1 heterocycles. The van der Waals surface area contributed by atoms with Crippen LogP contribution in [0.3, 0.4) is 0 Å². The van der Waals surface area contributed by atoms with Gasteiger partial charge in [-0.1, -0.05) is 17.7 Å². The van der Waals surface area contributed by atoms with E-state index in [1.807, 2.05) is 6.07 Å². The molecule has 2 N–H and O–H groups in total. The van der Waals surface area contributed by atoms with E-state index in [9.17, 15) is 4.39 Å². The number of aryl methyl sites for hydroxylation is 1. The van der Waals surface area contributed by atoms with Crippen LogP contribution in [0.2, 0.25) is 0 Å². The highest BCUT2D eigenvalue weighted by Crippen LogP contribution is 2.35. The Hall–Kier alpha value is -2.03. The Morgan fingerprint density at radius 3 is 2.65 bits per heavy atom. The highest BCUT2D eigenvalue weighted by Gasteiger charge is 2.24. The molecule has 0 unspecified atom stereocenters. The van der Waals surface area contributed by atoms with Gasteiger partial charge in [-0.15, -0.1) is 0 Å². The largest absolute Gasteiger partial charge is 0.382 e. The van der Waals surface area contributed by atoms with Crippen LogP contribution in [0.1, 0.15) is 30.5 Å². The average Bonchev–Trinajstić information content (AvgIpc) is 2.42. The van der Waals surface area contributed by atoms with E-state index in [0.717, 1.165) is 23.4 Å². The summed E-state index contributed by atoms with van der Waals surface area (Å²) < 4.78 is 13.5. The van der Waals surface area contributed by atoms with E-state index in [0.29, 0.717) is 6.04 Å². The van der Waals surface area contributed by atoms with Crippen molar-refractivity contribution in [2.75, 3.05) is 10.6 Å². The molecule has 0 aliphatic carbocycles. The zero-order valence-corrected chi connectivity index (χ0v) is 11.8. The van der Waals surface area contributed by atoms with Gasteiger partial charge in [0, 0.05) is 23.0 Å². The van der Waals surface area contributed by atoms with Gasteiger partial charge in [-0.3, -0.25) is 0 Å². The van der Waals surface area contributed by atoms with Crippen LogP contribution in [0.4, 0.5) is 15.8 Å². The summed E-state index contributed by atoms with van der Waals surface area (Å²) in [7, 11) is 0. The monoisotopic (exact) mass is 270 g/mol. The molecule has 2 atom stereocenters. The number of halogens is 1. The third-order valence-electron chi connectivity index (χ3n) is 3.77. The molecule has 0 saturated heterocycles. The lowest BCUT2D eigenvalue weighted by atomic mass is 9.93. The Kier molecular flexibility index (Phi) is 3.35. The molecule has 0 bridgehead atoms. The van der Waals surface area contributed by atoms with Gasteiger partial charge in [-0.25, -0.2) is 4.39 Å². The molecule has 2 aromatic rings. The van der Waals surface area contributed by atoms with Crippen LogP contribution in [0, 0.1) is 12.7 Å². The molecule has 3 heteroatoms. The fourth-order valence-electron chi connectivity index (χ4n) is 2.75. The molecule has 0 fully saturated rings. The van der Waals surface area contributed by atoms with E-state index < -0.39 is 0 Å². The van der Waals surface area contributed by atoms with Crippen LogP contribution >= 0.6 is 0 Å². The third kappa shape index (κ3) is 2.62. The molecule has 3 rings (SSSR count). The predicted octanol–water partition coefficient (Wildman–Crippen LogP) is 4.49. The Morgan fingerprint density at radius 1 is 1.15 bits per heavy atom. The molecular formula is C17H19FN2. The predicted molar refractivity (Wildman–Crippen MR) is 81.6 cm³/mol. The fraction of sp³-hybridized carbons (Fsp3) is 0.294. The minimum Gasteiger partial charge on any atom is -0.382 e. The van der Waals surface area contributed by atoms with Crippen LogP contribution < -0.4 is 10.6 Å². The first-order valence-corrected chi connectivity index (χ1v) is 7.01. The van der Waals surface area contributed by atoms with E-state index in [2.05, 4.69) is 48.7 Å². The van der Waals surface area contributed by atoms with Crippen LogP contribution in [0.5, 0.6) is 0 Å². The van der Waals surface area contributed by atoms with E-state index in [1.54, 1.807) is 6.07 Å². The second-order valence-corrected chi connectivity index (χ2v) is 5.58. The minimum atomic E-state index is -0.184. The van der Waals surface area contributed by atoms with Crippen molar-refractivity contribution in [2.24, 2.45) is 0 Å². The van der Waals surface area contributed by atoms with Gasteiger partial charge in [0.15, 0.2) is 0 Å². The topological polar surface area (TPSA) is 24.1 Å². The van der Waals surface area contributed by atoms with Gasteiger partial charge in [0.05, 0.1) is 6.04 Å². The number of hydrogen-bond donors (Lipinski definition) is 2. The highest BCUT2D eigenvalue weighted by atomic mass is 19.1. The molecule has 0 amide bonds. The Bertz CT molecular complexity index is 607. The molecule has 0 aromatic heterocycles. The first kappa shape index (κ1) is 13.0. The number of nitrogens with one attached hydrogen (secondary N) is 2. The van der Waals surface area contributed by atoms with Crippen LogP contribution in [-0.4, -0.2) is 6.04 Å².